The Morgan fingerprint density at radius 2 is 1.95 bits per heavy atom. The molecule has 2 rings (SSSR count). The van der Waals surface area contributed by atoms with Crippen LogP contribution in [0.4, 0.5) is 4.79 Å². The molecule has 1 aromatic carbocycles. The van der Waals surface area contributed by atoms with Gasteiger partial charge in [-0.2, -0.15) is 0 Å². The molecule has 0 aromatic heterocycles. The van der Waals surface area contributed by atoms with Crippen LogP contribution >= 0.6 is 0 Å². The Kier molecular flexibility index (Phi) is 3.54. The molecule has 1 fully saturated rings. The summed E-state index contributed by atoms with van der Waals surface area (Å²) < 4.78 is 10.9. The van der Waals surface area contributed by atoms with E-state index in [1.807, 2.05) is 51.1 Å². The predicted molar refractivity (Wildman–Crippen MR) is 72.9 cm³/mol. The maximum absolute atomic E-state index is 11.9. The molecular formula is C15H21NO3. The highest BCUT2D eigenvalue weighted by Gasteiger charge is 2.48. The Bertz CT molecular complexity index is 446. The van der Waals surface area contributed by atoms with Gasteiger partial charge in [0.2, 0.25) is 0 Å². The van der Waals surface area contributed by atoms with Crippen LogP contribution < -0.4 is 0 Å². The van der Waals surface area contributed by atoms with Crippen molar-refractivity contribution >= 4 is 6.09 Å². The summed E-state index contributed by atoms with van der Waals surface area (Å²) >= 11 is 0. The third-order valence-corrected chi connectivity index (χ3v) is 2.99. The highest BCUT2D eigenvalue weighted by atomic mass is 16.6. The minimum absolute atomic E-state index is 0.321. The zero-order chi connectivity index (χ0) is 14.1. The summed E-state index contributed by atoms with van der Waals surface area (Å²) in [7, 11) is 1.74. The molecule has 1 saturated heterocycles. The van der Waals surface area contributed by atoms with Gasteiger partial charge in [0.25, 0.3) is 0 Å². The number of hydrogen-bond donors (Lipinski definition) is 0. The highest BCUT2D eigenvalue weighted by Crippen LogP contribution is 2.39. The molecule has 1 heterocycles. The summed E-state index contributed by atoms with van der Waals surface area (Å²) in [6.07, 6.45) is -0.321. The first kappa shape index (κ1) is 13.9. The predicted octanol–water partition coefficient (Wildman–Crippen LogP) is 2.78. The number of hydrogen-bond acceptors (Lipinski definition) is 3. The first-order valence-electron chi connectivity index (χ1n) is 6.46. The fourth-order valence-electron chi connectivity index (χ4n) is 1.97. The number of benzene rings is 1. The van der Waals surface area contributed by atoms with Gasteiger partial charge in [-0.1, -0.05) is 30.3 Å². The lowest BCUT2D eigenvalue weighted by atomic mass is 10.00. The number of epoxide rings is 1. The second kappa shape index (κ2) is 4.85. The van der Waals surface area contributed by atoms with Gasteiger partial charge >= 0.3 is 6.09 Å². The fraction of sp³-hybridized carbons (Fsp3) is 0.533. The topological polar surface area (TPSA) is 42.1 Å². The molecular weight excluding hydrogens is 242 g/mol. The molecule has 4 heteroatoms. The number of rotatable bonds is 3. The average molecular weight is 263 g/mol. The van der Waals surface area contributed by atoms with Gasteiger partial charge < -0.3 is 14.4 Å². The summed E-state index contributed by atoms with van der Waals surface area (Å²) in [6.45, 7) is 6.73. The molecule has 1 aliphatic rings. The van der Waals surface area contributed by atoms with Gasteiger partial charge in [0.05, 0.1) is 13.2 Å². The molecule has 1 amide bonds. The molecule has 0 spiro atoms. The van der Waals surface area contributed by atoms with Gasteiger partial charge in [-0.15, -0.1) is 0 Å². The average Bonchev–Trinajstić information content (AvgIpc) is 3.09. The monoisotopic (exact) mass is 263 g/mol. The van der Waals surface area contributed by atoms with Crippen molar-refractivity contribution in [3.63, 3.8) is 0 Å². The maximum Gasteiger partial charge on any atom is 0.410 e. The summed E-state index contributed by atoms with van der Waals surface area (Å²) in [6, 6.07) is 9.97. The second-order valence-corrected chi connectivity index (χ2v) is 5.99. The van der Waals surface area contributed by atoms with Crippen molar-refractivity contribution in [2.24, 2.45) is 0 Å². The van der Waals surface area contributed by atoms with E-state index < -0.39 is 5.60 Å². The molecule has 1 atom stereocenters. The van der Waals surface area contributed by atoms with Crippen molar-refractivity contribution in [3.05, 3.63) is 35.9 Å². The van der Waals surface area contributed by atoms with E-state index in [1.165, 1.54) is 0 Å². The van der Waals surface area contributed by atoms with Gasteiger partial charge in [0.1, 0.15) is 11.2 Å². The molecule has 1 aliphatic heterocycles. The lowest BCUT2D eigenvalue weighted by Gasteiger charge is -2.26. The third-order valence-electron chi connectivity index (χ3n) is 2.99. The van der Waals surface area contributed by atoms with Crippen molar-refractivity contribution in [1.82, 2.24) is 4.90 Å². The Balaban J connectivity index is 2.00. The maximum atomic E-state index is 11.9. The number of likely N-dealkylation sites (N-methyl/N-ethyl adjacent to an activating group) is 1. The summed E-state index contributed by atoms with van der Waals surface area (Å²) in [5, 5.41) is 0. The quantitative estimate of drug-likeness (QED) is 0.787. The highest BCUT2D eigenvalue weighted by molar-refractivity contribution is 5.68. The molecule has 1 aromatic rings. The zero-order valence-corrected chi connectivity index (χ0v) is 12.0. The van der Waals surface area contributed by atoms with Crippen LogP contribution in [0.2, 0.25) is 0 Å². The Labute approximate surface area is 114 Å². The lowest BCUT2D eigenvalue weighted by Crippen LogP contribution is -2.39. The Morgan fingerprint density at radius 3 is 2.42 bits per heavy atom. The number of carbonyl (C=O) groups excluding carboxylic acids is 1. The molecule has 0 radical (unpaired) electrons. The molecule has 19 heavy (non-hydrogen) atoms. The van der Waals surface area contributed by atoms with Crippen LogP contribution in [0.25, 0.3) is 0 Å². The molecule has 4 nitrogen and oxygen atoms in total. The number of amides is 1. The minimum atomic E-state index is -0.477. The van der Waals surface area contributed by atoms with Gasteiger partial charge in [0.15, 0.2) is 0 Å². The third kappa shape index (κ3) is 3.47. The molecule has 0 saturated carbocycles. The van der Waals surface area contributed by atoms with Gasteiger partial charge in [0, 0.05) is 7.05 Å². The zero-order valence-electron chi connectivity index (χ0n) is 12.0. The van der Waals surface area contributed by atoms with Crippen LogP contribution in [0.5, 0.6) is 0 Å². The summed E-state index contributed by atoms with van der Waals surface area (Å²) in [5.74, 6) is 0. The van der Waals surface area contributed by atoms with Gasteiger partial charge in [-0.05, 0) is 26.3 Å². The first-order chi connectivity index (χ1) is 8.82. The van der Waals surface area contributed by atoms with Crippen molar-refractivity contribution < 1.29 is 14.3 Å². The van der Waals surface area contributed by atoms with Crippen LogP contribution in [0, 0.1) is 0 Å². The van der Waals surface area contributed by atoms with Crippen molar-refractivity contribution in [2.45, 2.75) is 32.0 Å². The minimum Gasteiger partial charge on any atom is -0.444 e. The van der Waals surface area contributed by atoms with Crippen LogP contribution in [0.15, 0.2) is 30.3 Å². The molecule has 104 valence electrons. The Morgan fingerprint density at radius 1 is 1.37 bits per heavy atom. The number of carbonyl (C=O) groups is 1. The van der Waals surface area contributed by atoms with E-state index in [0.29, 0.717) is 13.2 Å². The molecule has 0 aliphatic carbocycles. The van der Waals surface area contributed by atoms with E-state index in [9.17, 15) is 4.79 Å². The van der Waals surface area contributed by atoms with Gasteiger partial charge in [-0.25, -0.2) is 4.79 Å². The van der Waals surface area contributed by atoms with Gasteiger partial charge in [-0.3, -0.25) is 0 Å². The summed E-state index contributed by atoms with van der Waals surface area (Å²) in [5.41, 5.74) is 0.271. The first-order valence-corrected chi connectivity index (χ1v) is 6.46. The smallest absolute Gasteiger partial charge is 0.410 e. The van der Waals surface area contributed by atoms with Crippen LogP contribution in [0.3, 0.4) is 0 Å². The Hall–Kier alpha value is -1.55. The fourth-order valence-corrected chi connectivity index (χ4v) is 1.97. The molecule has 0 bridgehead atoms. The molecule has 1 unspecified atom stereocenters. The lowest BCUT2D eigenvalue weighted by molar-refractivity contribution is 0.0255. The standard InChI is InChI=1S/C15H21NO3/c1-14(2,3)19-13(17)16(4)10-15(11-18-15)12-8-6-5-7-9-12/h5-9H,10-11H2,1-4H3. The van der Waals surface area contributed by atoms with E-state index >= 15 is 0 Å². The van der Waals surface area contributed by atoms with Crippen molar-refractivity contribution in [3.8, 4) is 0 Å². The normalized spacial score (nSPS) is 21.9. The number of nitrogens with zero attached hydrogens (tertiary/aromatic N) is 1. The van der Waals surface area contributed by atoms with E-state index in [4.69, 9.17) is 9.47 Å². The SMILES string of the molecule is CN(CC1(c2ccccc2)CO1)C(=O)OC(C)(C)C. The van der Waals surface area contributed by atoms with Crippen LogP contribution in [-0.4, -0.2) is 36.8 Å². The van der Waals surface area contributed by atoms with E-state index in [0.717, 1.165) is 5.56 Å². The van der Waals surface area contributed by atoms with E-state index in [-0.39, 0.29) is 11.7 Å². The van der Waals surface area contributed by atoms with Crippen molar-refractivity contribution in [2.75, 3.05) is 20.2 Å². The largest absolute Gasteiger partial charge is 0.444 e. The molecule has 0 N–H and O–H groups in total. The van der Waals surface area contributed by atoms with E-state index in [2.05, 4.69) is 0 Å². The van der Waals surface area contributed by atoms with Crippen LogP contribution in [-0.2, 0) is 15.1 Å². The van der Waals surface area contributed by atoms with Crippen LogP contribution in [0.1, 0.15) is 26.3 Å². The number of ether oxygens (including phenoxy) is 2. The van der Waals surface area contributed by atoms with Crippen molar-refractivity contribution in [1.29, 1.82) is 0 Å². The summed E-state index contributed by atoms with van der Waals surface area (Å²) in [4.78, 5) is 13.5. The second-order valence-electron chi connectivity index (χ2n) is 5.99. The van der Waals surface area contributed by atoms with E-state index in [1.54, 1.807) is 11.9 Å².